The fourth-order valence-electron chi connectivity index (χ4n) is 1.59. The van der Waals surface area contributed by atoms with Crippen molar-refractivity contribution in [2.75, 3.05) is 5.73 Å². The van der Waals surface area contributed by atoms with Crippen LogP contribution in [0.25, 0.3) is 10.7 Å². The van der Waals surface area contributed by atoms with Gasteiger partial charge in [0.1, 0.15) is 5.82 Å². The molecule has 2 N–H and O–H groups in total. The quantitative estimate of drug-likeness (QED) is 0.924. The Bertz CT molecular complexity index is 522. The van der Waals surface area contributed by atoms with Crippen LogP contribution in [0, 0.1) is 5.92 Å². The topological polar surface area (TPSA) is 51.8 Å². The summed E-state index contributed by atoms with van der Waals surface area (Å²) in [7, 11) is 0. The molecule has 0 aromatic carbocycles. The van der Waals surface area contributed by atoms with Gasteiger partial charge in [0.15, 0.2) is 5.82 Å². The van der Waals surface area contributed by atoms with Gasteiger partial charge in [-0.1, -0.05) is 25.4 Å². The summed E-state index contributed by atoms with van der Waals surface area (Å²) < 4.78 is 0.733. The second-order valence-corrected chi connectivity index (χ2v) is 6.02. The highest BCUT2D eigenvalue weighted by molar-refractivity contribution is 7.19. The molecule has 0 saturated carbocycles. The van der Waals surface area contributed by atoms with Crippen LogP contribution in [-0.2, 0) is 6.42 Å². The largest absolute Gasteiger partial charge is 0.384 e. The van der Waals surface area contributed by atoms with Crippen LogP contribution in [-0.4, -0.2) is 9.97 Å². The number of nitrogens with zero attached hydrogens (tertiary/aromatic N) is 2. The van der Waals surface area contributed by atoms with Crippen LogP contribution in [0.2, 0.25) is 4.34 Å². The van der Waals surface area contributed by atoms with Gasteiger partial charge in [0.25, 0.3) is 0 Å². The minimum absolute atomic E-state index is 0.509. The summed E-state index contributed by atoms with van der Waals surface area (Å²) in [5.74, 6) is 1.72. The number of halogens is 1. The van der Waals surface area contributed by atoms with Crippen LogP contribution < -0.4 is 5.73 Å². The van der Waals surface area contributed by atoms with Crippen molar-refractivity contribution >= 4 is 28.8 Å². The summed E-state index contributed by atoms with van der Waals surface area (Å²) in [6, 6.07) is 5.59. The number of nitrogens with two attached hydrogens (primary N) is 1. The standard InChI is InChI=1S/C12H14ClN3S/c1-7(2)5-8-6-11(14)16-12(15-8)9-3-4-10(13)17-9/h3-4,6-7H,5H2,1-2H3,(H2,14,15,16). The molecule has 5 heteroatoms. The van der Waals surface area contributed by atoms with E-state index in [1.165, 1.54) is 11.3 Å². The molecule has 0 aliphatic heterocycles. The van der Waals surface area contributed by atoms with E-state index < -0.39 is 0 Å². The van der Waals surface area contributed by atoms with Gasteiger partial charge in [-0.15, -0.1) is 11.3 Å². The van der Waals surface area contributed by atoms with Gasteiger partial charge in [-0.2, -0.15) is 0 Å². The van der Waals surface area contributed by atoms with Gasteiger partial charge in [-0.05, 0) is 24.5 Å². The molecule has 0 aliphatic carbocycles. The van der Waals surface area contributed by atoms with E-state index >= 15 is 0 Å². The number of aromatic nitrogens is 2. The zero-order valence-electron chi connectivity index (χ0n) is 9.77. The Balaban J connectivity index is 2.37. The minimum atomic E-state index is 0.509. The highest BCUT2D eigenvalue weighted by atomic mass is 35.5. The van der Waals surface area contributed by atoms with E-state index in [2.05, 4.69) is 23.8 Å². The van der Waals surface area contributed by atoms with Gasteiger partial charge in [0.05, 0.1) is 9.21 Å². The highest BCUT2D eigenvalue weighted by Gasteiger charge is 2.09. The molecule has 17 heavy (non-hydrogen) atoms. The van der Waals surface area contributed by atoms with Gasteiger partial charge in [-0.25, -0.2) is 9.97 Å². The van der Waals surface area contributed by atoms with Crippen molar-refractivity contribution in [1.82, 2.24) is 9.97 Å². The highest BCUT2D eigenvalue weighted by Crippen LogP contribution is 2.29. The average molecular weight is 268 g/mol. The number of rotatable bonds is 3. The van der Waals surface area contributed by atoms with Crippen LogP contribution >= 0.6 is 22.9 Å². The monoisotopic (exact) mass is 267 g/mol. The van der Waals surface area contributed by atoms with E-state index in [9.17, 15) is 0 Å². The Morgan fingerprint density at radius 2 is 2.12 bits per heavy atom. The first-order valence-electron chi connectivity index (χ1n) is 5.43. The molecule has 2 heterocycles. The third kappa shape index (κ3) is 3.17. The van der Waals surface area contributed by atoms with E-state index in [-0.39, 0.29) is 0 Å². The Morgan fingerprint density at radius 1 is 1.35 bits per heavy atom. The summed E-state index contributed by atoms with van der Waals surface area (Å²) in [6.45, 7) is 4.31. The molecule has 3 nitrogen and oxygen atoms in total. The number of hydrogen-bond acceptors (Lipinski definition) is 4. The van der Waals surface area contributed by atoms with Crippen LogP contribution in [0.4, 0.5) is 5.82 Å². The first kappa shape index (κ1) is 12.3. The average Bonchev–Trinajstić information content (AvgIpc) is 2.62. The lowest BCUT2D eigenvalue weighted by Gasteiger charge is -2.06. The summed E-state index contributed by atoms with van der Waals surface area (Å²) in [6.07, 6.45) is 0.902. The van der Waals surface area contributed by atoms with Crippen LogP contribution in [0.3, 0.4) is 0 Å². The minimum Gasteiger partial charge on any atom is -0.384 e. The Labute approximate surface area is 110 Å². The lowest BCUT2D eigenvalue weighted by atomic mass is 10.1. The predicted molar refractivity (Wildman–Crippen MR) is 73.3 cm³/mol. The number of nitrogen functional groups attached to an aromatic ring is 1. The van der Waals surface area contributed by atoms with E-state index in [1.54, 1.807) is 0 Å². The fourth-order valence-corrected chi connectivity index (χ4v) is 2.56. The lowest BCUT2D eigenvalue weighted by molar-refractivity contribution is 0.635. The molecule has 0 atom stereocenters. The lowest BCUT2D eigenvalue weighted by Crippen LogP contribution is -2.02. The normalized spacial score (nSPS) is 11.1. The fraction of sp³-hybridized carbons (Fsp3) is 0.333. The van der Waals surface area contributed by atoms with E-state index in [1.807, 2.05) is 18.2 Å². The number of hydrogen-bond donors (Lipinski definition) is 1. The van der Waals surface area contributed by atoms with Crippen molar-refractivity contribution in [3.8, 4) is 10.7 Å². The molecular formula is C12H14ClN3S. The molecule has 0 radical (unpaired) electrons. The van der Waals surface area contributed by atoms with Gasteiger partial charge in [-0.3, -0.25) is 0 Å². The molecule has 0 bridgehead atoms. The molecule has 0 unspecified atom stereocenters. The van der Waals surface area contributed by atoms with Gasteiger partial charge < -0.3 is 5.73 Å². The van der Waals surface area contributed by atoms with Crippen LogP contribution in [0.15, 0.2) is 18.2 Å². The summed E-state index contributed by atoms with van der Waals surface area (Å²) in [5.41, 5.74) is 6.78. The van der Waals surface area contributed by atoms with Crippen molar-refractivity contribution < 1.29 is 0 Å². The molecule has 2 aromatic rings. The Hall–Kier alpha value is -1.13. The van der Waals surface area contributed by atoms with Crippen molar-refractivity contribution in [3.05, 3.63) is 28.2 Å². The molecular weight excluding hydrogens is 254 g/mol. The second-order valence-electron chi connectivity index (χ2n) is 4.31. The molecule has 0 saturated heterocycles. The van der Waals surface area contributed by atoms with E-state index in [4.69, 9.17) is 17.3 Å². The van der Waals surface area contributed by atoms with Crippen molar-refractivity contribution in [1.29, 1.82) is 0 Å². The van der Waals surface area contributed by atoms with Crippen molar-refractivity contribution in [3.63, 3.8) is 0 Å². The Morgan fingerprint density at radius 3 is 2.71 bits per heavy atom. The van der Waals surface area contributed by atoms with Gasteiger partial charge in [0, 0.05) is 11.8 Å². The maximum absolute atomic E-state index is 5.91. The first-order valence-corrected chi connectivity index (χ1v) is 6.63. The second kappa shape index (κ2) is 5.02. The molecule has 0 amide bonds. The molecule has 0 fully saturated rings. The maximum atomic E-state index is 5.91. The third-order valence-electron chi connectivity index (χ3n) is 2.21. The molecule has 2 rings (SSSR count). The zero-order chi connectivity index (χ0) is 12.4. The van der Waals surface area contributed by atoms with E-state index in [0.29, 0.717) is 17.6 Å². The molecule has 0 aliphatic rings. The molecule has 90 valence electrons. The smallest absolute Gasteiger partial charge is 0.171 e. The molecule has 2 aromatic heterocycles. The summed E-state index contributed by atoms with van der Waals surface area (Å²) in [5, 5.41) is 0. The summed E-state index contributed by atoms with van der Waals surface area (Å²) in [4.78, 5) is 9.71. The SMILES string of the molecule is CC(C)Cc1cc(N)nc(-c2ccc(Cl)s2)n1. The summed E-state index contributed by atoms with van der Waals surface area (Å²) >= 11 is 7.37. The van der Waals surface area contributed by atoms with Crippen LogP contribution in [0.1, 0.15) is 19.5 Å². The third-order valence-corrected chi connectivity index (χ3v) is 3.44. The molecule has 0 spiro atoms. The van der Waals surface area contributed by atoms with E-state index in [0.717, 1.165) is 21.3 Å². The van der Waals surface area contributed by atoms with Crippen LogP contribution in [0.5, 0.6) is 0 Å². The number of anilines is 1. The maximum Gasteiger partial charge on any atom is 0.171 e. The van der Waals surface area contributed by atoms with Crippen molar-refractivity contribution in [2.24, 2.45) is 5.92 Å². The first-order chi connectivity index (χ1) is 8.04. The number of thiophene rings is 1. The van der Waals surface area contributed by atoms with Gasteiger partial charge in [0.2, 0.25) is 0 Å². The Kier molecular flexibility index (Phi) is 3.64. The van der Waals surface area contributed by atoms with Gasteiger partial charge >= 0.3 is 0 Å². The zero-order valence-corrected chi connectivity index (χ0v) is 11.3. The van der Waals surface area contributed by atoms with Crippen molar-refractivity contribution in [2.45, 2.75) is 20.3 Å². The predicted octanol–water partition coefficient (Wildman–Crippen LogP) is 3.64.